The van der Waals surface area contributed by atoms with Crippen LogP contribution in [0.4, 0.5) is 5.82 Å². The summed E-state index contributed by atoms with van der Waals surface area (Å²) in [5.41, 5.74) is 2.47. The van der Waals surface area contributed by atoms with Gasteiger partial charge in [0.1, 0.15) is 11.6 Å². The molecule has 0 radical (unpaired) electrons. The molecule has 8 heteroatoms. The predicted molar refractivity (Wildman–Crippen MR) is 94.6 cm³/mol. The molecule has 0 aliphatic carbocycles. The molecule has 0 unspecified atom stereocenters. The molecule has 0 saturated heterocycles. The first-order valence-electron chi connectivity index (χ1n) is 8.64. The summed E-state index contributed by atoms with van der Waals surface area (Å²) in [5.74, 6) is 1.91. The zero-order valence-corrected chi connectivity index (χ0v) is 14.7. The van der Waals surface area contributed by atoms with E-state index in [1.165, 1.54) is 0 Å². The lowest BCUT2D eigenvalue weighted by Gasteiger charge is -2.12. The minimum atomic E-state index is -0.0677. The normalized spacial score (nSPS) is 13.5. The van der Waals surface area contributed by atoms with Crippen LogP contribution in [0.2, 0.25) is 0 Å². The molecule has 130 valence electrons. The highest BCUT2D eigenvalue weighted by Crippen LogP contribution is 2.28. The molecule has 8 nitrogen and oxygen atoms in total. The fourth-order valence-corrected chi connectivity index (χ4v) is 3.33. The first-order valence-corrected chi connectivity index (χ1v) is 8.64. The number of hydrogen-bond acceptors (Lipinski definition) is 5. The zero-order valence-electron chi connectivity index (χ0n) is 14.7. The fraction of sp³-hybridized carbons (Fsp3) is 0.471. The predicted octanol–water partition coefficient (Wildman–Crippen LogP) is 1.80. The molecule has 0 amide bonds. The van der Waals surface area contributed by atoms with Gasteiger partial charge in [-0.15, -0.1) is 10.2 Å². The van der Waals surface area contributed by atoms with Gasteiger partial charge in [0.25, 0.3) is 5.56 Å². The Morgan fingerprint density at radius 3 is 2.80 bits per heavy atom. The largest absolute Gasteiger partial charge is 0.294 e. The molecule has 25 heavy (non-hydrogen) atoms. The highest BCUT2D eigenvalue weighted by molar-refractivity contribution is 6.05. The zero-order chi connectivity index (χ0) is 17.6. The Hall–Kier alpha value is -2.77. The number of rotatable bonds is 5. The summed E-state index contributed by atoms with van der Waals surface area (Å²) in [6.45, 7) is 4.76. The van der Waals surface area contributed by atoms with Gasteiger partial charge in [0.15, 0.2) is 0 Å². The van der Waals surface area contributed by atoms with E-state index < -0.39 is 0 Å². The van der Waals surface area contributed by atoms with Crippen molar-refractivity contribution in [2.24, 2.45) is 12.0 Å². The highest BCUT2D eigenvalue weighted by atomic mass is 16.1. The van der Waals surface area contributed by atoms with E-state index in [0.717, 1.165) is 42.9 Å². The fourth-order valence-electron chi connectivity index (χ4n) is 3.33. The number of fused-ring (bicyclic) bond motifs is 2. The van der Waals surface area contributed by atoms with Crippen molar-refractivity contribution < 1.29 is 0 Å². The van der Waals surface area contributed by atoms with Gasteiger partial charge in [0.2, 0.25) is 5.78 Å². The van der Waals surface area contributed by atoms with Crippen molar-refractivity contribution in [1.29, 1.82) is 0 Å². The van der Waals surface area contributed by atoms with Gasteiger partial charge in [0, 0.05) is 31.8 Å². The maximum absolute atomic E-state index is 12.9. The lowest BCUT2D eigenvalue weighted by Crippen LogP contribution is -2.23. The average molecular weight is 339 g/mol. The summed E-state index contributed by atoms with van der Waals surface area (Å²) in [6, 6.07) is 0. The van der Waals surface area contributed by atoms with Crippen molar-refractivity contribution in [2.45, 2.75) is 46.1 Å². The Morgan fingerprint density at radius 2 is 2.08 bits per heavy atom. The van der Waals surface area contributed by atoms with Crippen molar-refractivity contribution in [3.8, 4) is 0 Å². The molecule has 0 fully saturated rings. The molecule has 4 heterocycles. The Morgan fingerprint density at radius 1 is 1.24 bits per heavy atom. The topological polar surface area (TPSA) is 82.4 Å². The lowest BCUT2D eigenvalue weighted by atomic mass is 10.1. The van der Waals surface area contributed by atoms with Crippen LogP contribution in [0.5, 0.6) is 0 Å². The third kappa shape index (κ3) is 2.48. The molecule has 3 aromatic rings. The van der Waals surface area contributed by atoms with Gasteiger partial charge < -0.3 is 0 Å². The van der Waals surface area contributed by atoms with Crippen LogP contribution in [-0.2, 0) is 20.0 Å². The SMILES string of the molecule is CCCCCn1c2c(c(=O)n3c(C)nnc13)CC(c1cnn(C)c1)=N2. The van der Waals surface area contributed by atoms with E-state index in [1.807, 2.05) is 24.7 Å². The second-order valence-corrected chi connectivity index (χ2v) is 6.49. The van der Waals surface area contributed by atoms with Crippen LogP contribution in [0.3, 0.4) is 0 Å². The van der Waals surface area contributed by atoms with Crippen LogP contribution >= 0.6 is 0 Å². The van der Waals surface area contributed by atoms with Crippen LogP contribution in [0.25, 0.3) is 5.78 Å². The van der Waals surface area contributed by atoms with Gasteiger partial charge in [-0.1, -0.05) is 19.8 Å². The van der Waals surface area contributed by atoms with Crippen LogP contribution in [0.15, 0.2) is 22.2 Å². The number of unbranched alkanes of at least 4 members (excludes halogenated alkanes) is 2. The first-order chi connectivity index (χ1) is 12.1. The van der Waals surface area contributed by atoms with E-state index >= 15 is 0 Å². The smallest absolute Gasteiger partial charge is 0.266 e. The summed E-state index contributed by atoms with van der Waals surface area (Å²) < 4.78 is 5.39. The van der Waals surface area contributed by atoms with Crippen LogP contribution in [-0.4, -0.2) is 34.7 Å². The molecular formula is C17H21N7O. The summed E-state index contributed by atoms with van der Waals surface area (Å²) in [7, 11) is 1.87. The van der Waals surface area contributed by atoms with Gasteiger partial charge in [-0.25, -0.2) is 9.39 Å². The first kappa shape index (κ1) is 15.7. The maximum Gasteiger partial charge on any atom is 0.266 e. The van der Waals surface area contributed by atoms with E-state index in [2.05, 4.69) is 22.2 Å². The van der Waals surface area contributed by atoms with E-state index in [4.69, 9.17) is 4.99 Å². The molecule has 0 saturated carbocycles. The van der Waals surface area contributed by atoms with Crippen molar-refractivity contribution in [1.82, 2.24) is 28.9 Å². The molecule has 0 aromatic carbocycles. The number of hydrogen-bond donors (Lipinski definition) is 0. The average Bonchev–Trinajstić information content (AvgIpc) is 3.29. The van der Waals surface area contributed by atoms with Crippen molar-refractivity contribution >= 4 is 17.3 Å². The second-order valence-electron chi connectivity index (χ2n) is 6.49. The summed E-state index contributed by atoms with van der Waals surface area (Å²) in [5, 5.41) is 12.5. The molecule has 0 bridgehead atoms. The number of aliphatic imine (C=N–C) groups is 1. The third-order valence-corrected chi connectivity index (χ3v) is 4.64. The van der Waals surface area contributed by atoms with Gasteiger partial charge in [-0.05, 0) is 13.3 Å². The van der Waals surface area contributed by atoms with Crippen molar-refractivity contribution in [3.63, 3.8) is 0 Å². The molecular weight excluding hydrogens is 318 g/mol. The van der Waals surface area contributed by atoms with Crippen LogP contribution in [0, 0.1) is 6.92 Å². The van der Waals surface area contributed by atoms with Gasteiger partial charge in [0.05, 0.1) is 17.5 Å². The second kappa shape index (κ2) is 5.94. The lowest BCUT2D eigenvalue weighted by molar-refractivity contribution is 0.602. The molecule has 0 N–H and O–H groups in total. The van der Waals surface area contributed by atoms with E-state index in [1.54, 1.807) is 15.3 Å². The quantitative estimate of drug-likeness (QED) is 0.664. The van der Waals surface area contributed by atoms with Crippen LogP contribution < -0.4 is 5.56 Å². The van der Waals surface area contributed by atoms with Crippen molar-refractivity contribution in [3.05, 3.63) is 39.7 Å². The molecule has 4 rings (SSSR count). The van der Waals surface area contributed by atoms with Crippen LogP contribution in [0.1, 0.15) is 43.1 Å². The van der Waals surface area contributed by atoms with Gasteiger partial charge >= 0.3 is 0 Å². The Balaban J connectivity index is 1.88. The number of aromatic nitrogens is 6. The summed E-state index contributed by atoms with van der Waals surface area (Å²) in [4.78, 5) is 17.7. The number of nitrogens with zero attached hydrogens (tertiary/aromatic N) is 7. The minimum Gasteiger partial charge on any atom is -0.294 e. The molecule has 1 aliphatic heterocycles. The van der Waals surface area contributed by atoms with E-state index in [0.29, 0.717) is 23.6 Å². The molecule has 0 spiro atoms. The van der Waals surface area contributed by atoms with Gasteiger partial charge in [-0.3, -0.25) is 14.0 Å². The highest BCUT2D eigenvalue weighted by Gasteiger charge is 2.26. The summed E-state index contributed by atoms with van der Waals surface area (Å²) >= 11 is 0. The molecule has 1 aliphatic rings. The monoisotopic (exact) mass is 339 g/mol. The minimum absolute atomic E-state index is 0.0677. The Kier molecular flexibility index (Phi) is 3.74. The number of aryl methyl sites for hydroxylation is 3. The standard InChI is InChI=1S/C17H21N7O/c1-4-5-6-7-23-15-13(16(25)24-11(2)20-21-17(23)24)8-14(19-15)12-9-18-22(3)10-12/h9-10H,4-8H2,1-3H3. The third-order valence-electron chi connectivity index (χ3n) is 4.64. The van der Waals surface area contributed by atoms with Crippen molar-refractivity contribution in [2.75, 3.05) is 0 Å². The molecule has 3 aromatic heterocycles. The van der Waals surface area contributed by atoms with E-state index in [-0.39, 0.29) is 5.56 Å². The molecule has 0 atom stereocenters. The Labute approximate surface area is 144 Å². The van der Waals surface area contributed by atoms with Gasteiger partial charge in [-0.2, -0.15) is 5.10 Å². The Bertz CT molecular complexity index is 1040. The summed E-state index contributed by atoms with van der Waals surface area (Å²) in [6.07, 6.45) is 7.50. The maximum atomic E-state index is 12.9. The van der Waals surface area contributed by atoms with E-state index in [9.17, 15) is 4.79 Å².